The molecule has 1 aromatic heterocycles. The number of aliphatic carboxylic acids is 1. The number of rotatable bonds is 12. The molecule has 0 unspecified atom stereocenters. The first-order chi connectivity index (χ1) is 18.5. The summed E-state index contributed by atoms with van der Waals surface area (Å²) in [5.74, 6) is 1.51. The van der Waals surface area contributed by atoms with Gasteiger partial charge >= 0.3 is 5.97 Å². The molecular formula is C31H36N2O5. The lowest BCUT2D eigenvalue weighted by atomic mass is 9.89. The van der Waals surface area contributed by atoms with Gasteiger partial charge in [-0.15, -0.1) is 0 Å². The van der Waals surface area contributed by atoms with E-state index < -0.39 is 5.97 Å². The number of nitrogens with zero attached hydrogens (tertiary/aromatic N) is 1. The lowest BCUT2D eigenvalue weighted by Gasteiger charge is -2.17. The van der Waals surface area contributed by atoms with Crippen LogP contribution in [-0.4, -0.2) is 28.6 Å². The van der Waals surface area contributed by atoms with Gasteiger partial charge in [0.15, 0.2) is 0 Å². The number of aromatic nitrogens is 1. The second kappa shape index (κ2) is 13.6. The van der Waals surface area contributed by atoms with Gasteiger partial charge in [-0.25, -0.2) is 4.98 Å². The lowest BCUT2D eigenvalue weighted by Crippen LogP contribution is -2.21. The zero-order valence-corrected chi connectivity index (χ0v) is 21.9. The van der Waals surface area contributed by atoms with E-state index in [2.05, 4.69) is 10.3 Å². The zero-order chi connectivity index (χ0) is 26.7. The van der Waals surface area contributed by atoms with E-state index in [1.807, 2.05) is 61.5 Å². The van der Waals surface area contributed by atoms with Gasteiger partial charge < -0.3 is 19.6 Å². The smallest absolute Gasteiger partial charge is 0.303 e. The summed E-state index contributed by atoms with van der Waals surface area (Å²) < 4.78 is 11.8. The van der Waals surface area contributed by atoms with Crippen LogP contribution in [0.15, 0.2) is 65.1 Å². The molecule has 200 valence electrons. The van der Waals surface area contributed by atoms with Crippen LogP contribution in [-0.2, 0) is 29.0 Å². The molecule has 0 radical (unpaired) electrons. The van der Waals surface area contributed by atoms with E-state index in [0.717, 1.165) is 41.0 Å². The number of oxazole rings is 1. The number of carbonyl (C=O) groups is 2. The Morgan fingerprint density at radius 2 is 1.87 bits per heavy atom. The van der Waals surface area contributed by atoms with Crippen LogP contribution in [0.2, 0.25) is 0 Å². The summed E-state index contributed by atoms with van der Waals surface area (Å²) in [6.45, 7) is 2.62. The molecule has 0 saturated heterocycles. The number of aryl methyl sites for hydroxylation is 2. The fraction of sp³-hybridized carbons (Fsp3) is 0.387. The maximum absolute atomic E-state index is 12.4. The normalized spacial score (nSPS) is 14.0. The Morgan fingerprint density at radius 1 is 1.08 bits per heavy atom. The van der Waals surface area contributed by atoms with Crippen LogP contribution in [0.3, 0.4) is 0 Å². The molecule has 0 spiro atoms. The van der Waals surface area contributed by atoms with Gasteiger partial charge in [-0.2, -0.15) is 0 Å². The number of benzene rings is 2. The van der Waals surface area contributed by atoms with Gasteiger partial charge in [-0.05, 0) is 73.6 Å². The van der Waals surface area contributed by atoms with Crippen molar-refractivity contribution in [3.63, 3.8) is 0 Å². The predicted octanol–water partition coefficient (Wildman–Crippen LogP) is 6.04. The molecule has 1 aliphatic carbocycles. The number of amides is 1. The van der Waals surface area contributed by atoms with Crippen molar-refractivity contribution >= 4 is 11.9 Å². The molecular weight excluding hydrogens is 480 g/mol. The molecule has 1 amide bonds. The molecule has 7 heteroatoms. The number of hydrogen-bond donors (Lipinski definition) is 2. The fourth-order valence-electron chi connectivity index (χ4n) is 4.76. The summed E-state index contributed by atoms with van der Waals surface area (Å²) in [5, 5.41) is 12.1. The van der Waals surface area contributed by atoms with E-state index in [-0.39, 0.29) is 12.3 Å². The average Bonchev–Trinajstić information content (AvgIpc) is 3.31. The highest BCUT2D eigenvalue weighted by Gasteiger charge is 2.13. The molecule has 2 N–H and O–H groups in total. The molecule has 1 aliphatic rings. The molecule has 7 nitrogen and oxygen atoms in total. The molecule has 1 saturated carbocycles. The molecule has 0 bridgehead atoms. The van der Waals surface area contributed by atoms with Gasteiger partial charge in [-0.1, -0.05) is 49.6 Å². The van der Waals surface area contributed by atoms with Crippen LogP contribution in [0.5, 0.6) is 5.75 Å². The SMILES string of the molecule is Cc1oc(-c2ccccc2)nc1CCOc1ccc(CCC(=O)O)c(CNC(=O)/C=C/C2CCCCC2)c1. The number of allylic oxidation sites excluding steroid dienone is 1. The average molecular weight is 517 g/mol. The molecule has 4 rings (SSSR count). The summed E-state index contributed by atoms with van der Waals surface area (Å²) >= 11 is 0. The summed E-state index contributed by atoms with van der Waals surface area (Å²) in [4.78, 5) is 28.2. The summed E-state index contributed by atoms with van der Waals surface area (Å²) in [7, 11) is 0. The molecule has 38 heavy (non-hydrogen) atoms. The molecule has 3 aromatic rings. The number of carboxylic acids is 1. The van der Waals surface area contributed by atoms with Gasteiger partial charge in [0.25, 0.3) is 0 Å². The molecule has 2 aromatic carbocycles. The summed E-state index contributed by atoms with van der Waals surface area (Å²) in [6, 6.07) is 15.4. The highest BCUT2D eigenvalue weighted by atomic mass is 16.5. The van der Waals surface area contributed by atoms with Crippen LogP contribution < -0.4 is 10.1 Å². The van der Waals surface area contributed by atoms with Gasteiger partial charge in [0, 0.05) is 24.9 Å². The first-order valence-corrected chi connectivity index (χ1v) is 13.4. The van der Waals surface area contributed by atoms with Crippen LogP contribution in [0.25, 0.3) is 11.5 Å². The number of nitrogens with one attached hydrogen (secondary N) is 1. The number of carbonyl (C=O) groups excluding carboxylic acids is 1. The third-order valence-electron chi connectivity index (χ3n) is 6.93. The second-order valence-corrected chi connectivity index (χ2v) is 9.79. The third kappa shape index (κ3) is 8.07. The minimum Gasteiger partial charge on any atom is -0.493 e. The lowest BCUT2D eigenvalue weighted by molar-refractivity contribution is -0.137. The fourth-order valence-corrected chi connectivity index (χ4v) is 4.76. The van der Waals surface area contributed by atoms with Crippen LogP contribution in [0.4, 0.5) is 0 Å². The van der Waals surface area contributed by atoms with Crippen LogP contribution in [0, 0.1) is 12.8 Å². The number of hydrogen-bond acceptors (Lipinski definition) is 5. The van der Waals surface area contributed by atoms with Crippen molar-refractivity contribution in [1.82, 2.24) is 10.3 Å². The van der Waals surface area contributed by atoms with Crippen molar-refractivity contribution < 1.29 is 23.8 Å². The van der Waals surface area contributed by atoms with Crippen molar-refractivity contribution in [2.75, 3.05) is 6.61 Å². The topological polar surface area (TPSA) is 102 Å². The minimum absolute atomic E-state index is 0.0257. The quantitative estimate of drug-likeness (QED) is 0.285. The van der Waals surface area contributed by atoms with Crippen molar-refractivity contribution in [2.24, 2.45) is 5.92 Å². The second-order valence-electron chi connectivity index (χ2n) is 9.79. The van der Waals surface area contributed by atoms with Crippen LogP contribution in [0.1, 0.15) is 61.1 Å². The molecule has 1 heterocycles. The van der Waals surface area contributed by atoms with Crippen molar-refractivity contribution in [1.29, 1.82) is 0 Å². The summed E-state index contributed by atoms with van der Waals surface area (Å²) in [6.07, 6.45) is 10.7. The number of ether oxygens (including phenoxy) is 1. The Bertz CT molecular complexity index is 1240. The van der Waals surface area contributed by atoms with E-state index >= 15 is 0 Å². The van der Waals surface area contributed by atoms with Crippen molar-refractivity contribution in [3.05, 3.63) is 83.3 Å². The van der Waals surface area contributed by atoms with Gasteiger partial charge in [0.2, 0.25) is 11.8 Å². The van der Waals surface area contributed by atoms with Crippen molar-refractivity contribution in [3.8, 4) is 17.2 Å². The Morgan fingerprint density at radius 3 is 2.63 bits per heavy atom. The van der Waals surface area contributed by atoms with E-state index in [1.165, 1.54) is 19.3 Å². The largest absolute Gasteiger partial charge is 0.493 e. The maximum Gasteiger partial charge on any atom is 0.303 e. The Labute approximate surface area is 223 Å². The first-order valence-electron chi connectivity index (χ1n) is 13.4. The van der Waals surface area contributed by atoms with Gasteiger partial charge in [0.1, 0.15) is 11.5 Å². The first kappa shape index (κ1) is 27.2. The Hall–Kier alpha value is -3.87. The monoisotopic (exact) mass is 516 g/mol. The Kier molecular flexibility index (Phi) is 9.73. The van der Waals surface area contributed by atoms with E-state index in [4.69, 9.17) is 14.3 Å². The van der Waals surface area contributed by atoms with Gasteiger partial charge in [0.05, 0.1) is 12.3 Å². The van der Waals surface area contributed by atoms with Crippen LogP contribution >= 0.6 is 0 Å². The van der Waals surface area contributed by atoms with Crippen molar-refractivity contribution in [2.45, 2.75) is 64.8 Å². The number of carboxylic acid groups (broad SMARTS) is 1. The molecule has 1 fully saturated rings. The third-order valence-corrected chi connectivity index (χ3v) is 6.93. The highest BCUT2D eigenvalue weighted by Crippen LogP contribution is 2.25. The van der Waals surface area contributed by atoms with E-state index in [0.29, 0.717) is 43.6 Å². The molecule has 0 atom stereocenters. The Balaban J connectivity index is 1.36. The van der Waals surface area contributed by atoms with E-state index in [9.17, 15) is 9.59 Å². The molecule has 0 aliphatic heterocycles. The highest BCUT2D eigenvalue weighted by molar-refractivity contribution is 5.87. The predicted molar refractivity (Wildman–Crippen MR) is 146 cm³/mol. The standard InChI is InChI=1S/C31H36N2O5/c1-22-28(33-31(38-22)25-10-6-3-7-11-25)18-19-37-27-15-13-24(14-17-30(35)36)26(20-27)21-32-29(34)16-12-23-8-4-2-5-9-23/h3,6-7,10-13,15-16,20,23H,2,4-5,8-9,14,17-19,21H2,1H3,(H,32,34)(H,35,36)/b16-12+. The summed E-state index contributed by atoms with van der Waals surface area (Å²) in [5.41, 5.74) is 3.52. The maximum atomic E-state index is 12.4. The van der Waals surface area contributed by atoms with Gasteiger partial charge in [-0.3, -0.25) is 9.59 Å². The van der Waals surface area contributed by atoms with E-state index in [1.54, 1.807) is 6.08 Å². The zero-order valence-electron chi connectivity index (χ0n) is 21.9. The minimum atomic E-state index is -0.853.